The first-order valence-electron chi connectivity index (χ1n) is 6.30. The van der Waals surface area contributed by atoms with Crippen molar-refractivity contribution in [3.8, 4) is 0 Å². The van der Waals surface area contributed by atoms with Gasteiger partial charge in [0.15, 0.2) is 0 Å². The summed E-state index contributed by atoms with van der Waals surface area (Å²) < 4.78 is 0. The molecule has 4 heteroatoms. The first kappa shape index (κ1) is 13.5. The zero-order chi connectivity index (χ0) is 12.1. The molecule has 4 nitrogen and oxygen atoms in total. The highest BCUT2D eigenvalue weighted by Gasteiger charge is 2.27. The SMILES string of the molecule is CC[C@H](C)[C@H](N)C(=O)NC1CCCCC1O. The van der Waals surface area contributed by atoms with Crippen LogP contribution in [0.2, 0.25) is 0 Å². The van der Waals surface area contributed by atoms with Crippen LogP contribution >= 0.6 is 0 Å². The predicted octanol–water partition coefficient (Wildman–Crippen LogP) is 0.779. The van der Waals surface area contributed by atoms with Crippen LogP contribution in [0.3, 0.4) is 0 Å². The van der Waals surface area contributed by atoms with E-state index in [0.717, 1.165) is 32.1 Å². The molecule has 4 N–H and O–H groups in total. The number of nitrogens with one attached hydrogen (secondary N) is 1. The lowest BCUT2D eigenvalue weighted by atomic mass is 9.91. The first-order valence-corrected chi connectivity index (χ1v) is 6.30. The van der Waals surface area contributed by atoms with Crippen LogP contribution in [0.5, 0.6) is 0 Å². The van der Waals surface area contributed by atoms with E-state index in [4.69, 9.17) is 5.73 Å². The summed E-state index contributed by atoms with van der Waals surface area (Å²) in [4.78, 5) is 11.8. The third-order valence-electron chi connectivity index (χ3n) is 3.62. The molecule has 1 aliphatic rings. The van der Waals surface area contributed by atoms with Crippen molar-refractivity contribution in [1.29, 1.82) is 0 Å². The molecule has 0 spiro atoms. The van der Waals surface area contributed by atoms with Gasteiger partial charge in [-0.2, -0.15) is 0 Å². The Labute approximate surface area is 97.6 Å². The Morgan fingerprint density at radius 2 is 2.12 bits per heavy atom. The second kappa shape index (κ2) is 6.21. The normalized spacial score (nSPS) is 29.5. The molecular formula is C12H24N2O2. The Balaban J connectivity index is 2.43. The fourth-order valence-electron chi connectivity index (χ4n) is 2.07. The lowest BCUT2D eigenvalue weighted by molar-refractivity contribution is -0.125. The molecule has 0 aromatic rings. The molecule has 0 aromatic carbocycles. The summed E-state index contributed by atoms with van der Waals surface area (Å²) >= 11 is 0. The van der Waals surface area contributed by atoms with Gasteiger partial charge in [-0.3, -0.25) is 4.79 Å². The van der Waals surface area contributed by atoms with Crippen LogP contribution in [-0.4, -0.2) is 29.2 Å². The quantitative estimate of drug-likeness (QED) is 0.665. The van der Waals surface area contributed by atoms with Gasteiger partial charge in [0.1, 0.15) is 0 Å². The molecule has 1 amide bonds. The number of hydrogen-bond donors (Lipinski definition) is 3. The minimum absolute atomic E-state index is 0.101. The molecule has 0 bridgehead atoms. The van der Waals surface area contributed by atoms with Crippen molar-refractivity contribution in [2.24, 2.45) is 11.7 Å². The van der Waals surface area contributed by atoms with Gasteiger partial charge in [-0.25, -0.2) is 0 Å². The number of nitrogens with two attached hydrogens (primary N) is 1. The van der Waals surface area contributed by atoms with Gasteiger partial charge >= 0.3 is 0 Å². The molecular weight excluding hydrogens is 204 g/mol. The van der Waals surface area contributed by atoms with Gasteiger partial charge in [0.2, 0.25) is 5.91 Å². The van der Waals surface area contributed by atoms with Crippen LogP contribution in [0.25, 0.3) is 0 Å². The number of hydrogen-bond acceptors (Lipinski definition) is 3. The highest BCUT2D eigenvalue weighted by molar-refractivity contribution is 5.82. The topological polar surface area (TPSA) is 75.4 Å². The predicted molar refractivity (Wildman–Crippen MR) is 63.8 cm³/mol. The van der Waals surface area contributed by atoms with Gasteiger partial charge in [-0.05, 0) is 18.8 Å². The number of carbonyl (C=O) groups is 1. The van der Waals surface area contributed by atoms with E-state index in [1.54, 1.807) is 0 Å². The maximum atomic E-state index is 11.8. The van der Waals surface area contributed by atoms with Gasteiger partial charge in [0, 0.05) is 0 Å². The Kier molecular flexibility index (Phi) is 5.22. The van der Waals surface area contributed by atoms with Crippen molar-refractivity contribution in [3.05, 3.63) is 0 Å². The van der Waals surface area contributed by atoms with Crippen molar-refractivity contribution in [3.63, 3.8) is 0 Å². The molecule has 1 aliphatic carbocycles. The average Bonchev–Trinajstić information content (AvgIpc) is 2.30. The monoisotopic (exact) mass is 228 g/mol. The number of aliphatic hydroxyl groups is 1. The Morgan fingerprint density at radius 1 is 1.50 bits per heavy atom. The second-order valence-electron chi connectivity index (χ2n) is 4.88. The van der Waals surface area contributed by atoms with Crippen molar-refractivity contribution in [2.75, 3.05) is 0 Å². The summed E-state index contributed by atoms with van der Waals surface area (Å²) in [6.45, 7) is 3.99. The van der Waals surface area contributed by atoms with Gasteiger partial charge in [-0.15, -0.1) is 0 Å². The van der Waals surface area contributed by atoms with Crippen molar-refractivity contribution >= 4 is 5.91 Å². The van der Waals surface area contributed by atoms with Gasteiger partial charge in [-0.1, -0.05) is 33.1 Å². The number of carbonyl (C=O) groups excluding carboxylic acids is 1. The smallest absolute Gasteiger partial charge is 0.237 e. The summed E-state index contributed by atoms with van der Waals surface area (Å²) in [5.74, 6) is 0.0565. The van der Waals surface area contributed by atoms with E-state index >= 15 is 0 Å². The molecule has 94 valence electrons. The highest BCUT2D eigenvalue weighted by atomic mass is 16.3. The van der Waals surface area contributed by atoms with E-state index in [2.05, 4.69) is 5.32 Å². The van der Waals surface area contributed by atoms with E-state index in [9.17, 15) is 9.90 Å². The third-order valence-corrected chi connectivity index (χ3v) is 3.62. The molecule has 1 fully saturated rings. The summed E-state index contributed by atoms with van der Waals surface area (Å²) in [6.07, 6.45) is 4.25. The molecule has 1 saturated carbocycles. The number of amides is 1. The maximum absolute atomic E-state index is 11.8. The van der Waals surface area contributed by atoms with Crippen LogP contribution in [0, 0.1) is 5.92 Å². The average molecular weight is 228 g/mol. The van der Waals surface area contributed by atoms with Crippen molar-refractivity contribution in [1.82, 2.24) is 5.32 Å². The van der Waals surface area contributed by atoms with Gasteiger partial charge in [0.05, 0.1) is 18.2 Å². The third kappa shape index (κ3) is 3.46. The standard InChI is InChI=1S/C12H24N2O2/c1-3-8(2)11(13)12(16)14-9-6-4-5-7-10(9)15/h8-11,15H,3-7,13H2,1-2H3,(H,14,16)/t8-,9?,10?,11-/m0/s1. The maximum Gasteiger partial charge on any atom is 0.237 e. The molecule has 0 aliphatic heterocycles. The van der Waals surface area contributed by atoms with Gasteiger partial charge in [0.25, 0.3) is 0 Å². The van der Waals surface area contributed by atoms with E-state index in [1.807, 2.05) is 13.8 Å². The summed E-state index contributed by atoms with van der Waals surface area (Å²) in [5, 5.41) is 12.6. The zero-order valence-electron chi connectivity index (χ0n) is 10.3. The van der Waals surface area contributed by atoms with Crippen LogP contribution in [0.4, 0.5) is 0 Å². The number of aliphatic hydroxyl groups excluding tert-OH is 1. The lowest BCUT2D eigenvalue weighted by Gasteiger charge is -2.30. The van der Waals surface area contributed by atoms with Crippen molar-refractivity contribution in [2.45, 2.75) is 64.1 Å². The lowest BCUT2D eigenvalue weighted by Crippen LogP contribution is -2.52. The molecule has 0 aromatic heterocycles. The van der Waals surface area contributed by atoms with Crippen LogP contribution in [0.1, 0.15) is 46.0 Å². The molecule has 4 atom stereocenters. The summed E-state index contributed by atoms with van der Waals surface area (Å²) in [7, 11) is 0. The molecule has 2 unspecified atom stereocenters. The molecule has 0 heterocycles. The molecule has 0 saturated heterocycles. The largest absolute Gasteiger partial charge is 0.391 e. The van der Waals surface area contributed by atoms with E-state index in [0.29, 0.717) is 0 Å². The number of rotatable bonds is 4. The Bertz CT molecular complexity index is 233. The Morgan fingerprint density at radius 3 is 2.69 bits per heavy atom. The fraction of sp³-hybridized carbons (Fsp3) is 0.917. The van der Waals surface area contributed by atoms with Crippen LogP contribution in [-0.2, 0) is 4.79 Å². The summed E-state index contributed by atoms with van der Waals surface area (Å²) in [5.41, 5.74) is 5.84. The zero-order valence-corrected chi connectivity index (χ0v) is 10.3. The molecule has 16 heavy (non-hydrogen) atoms. The van der Waals surface area contributed by atoms with E-state index in [-0.39, 0.29) is 17.9 Å². The minimum atomic E-state index is -0.459. The van der Waals surface area contributed by atoms with E-state index < -0.39 is 12.1 Å². The second-order valence-corrected chi connectivity index (χ2v) is 4.88. The van der Waals surface area contributed by atoms with Crippen LogP contribution in [0.15, 0.2) is 0 Å². The molecule has 1 rings (SSSR count). The summed E-state index contributed by atoms with van der Waals surface area (Å²) in [6, 6.07) is -0.560. The highest BCUT2D eigenvalue weighted by Crippen LogP contribution is 2.18. The fourth-order valence-corrected chi connectivity index (χ4v) is 2.07. The van der Waals surface area contributed by atoms with Crippen LogP contribution < -0.4 is 11.1 Å². The van der Waals surface area contributed by atoms with E-state index in [1.165, 1.54) is 0 Å². The Hall–Kier alpha value is -0.610. The van der Waals surface area contributed by atoms with Crippen molar-refractivity contribution < 1.29 is 9.90 Å². The molecule has 0 radical (unpaired) electrons. The first-order chi connectivity index (χ1) is 7.56. The van der Waals surface area contributed by atoms with Gasteiger partial charge < -0.3 is 16.2 Å². The minimum Gasteiger partial charge on any atom is -0.391 e.